The molecule has 0 saturated carbocycles. The van der Waals surface area contributed by atoms with Crippen molar-refractivity contribution < 1.29 is 33.7 Å². The first-order valence-corrected chi connectivity index (χ1v) is 6.43. The highest BCUT2D eigenvalue weighted by molar-refractivity contribution is 5.91. The minimum absolute atomic E-state index is 0.0975. The third-order valence-electron chi connectivity index (χ3n) is 2.83. The second-order valence-electron chi connectivity index (χ2n) is 4.42. The molecule has 0 aromatic heterocycles. The molecule has 2 rings (SSSR count). The van der Waals surface area contributed by atoms with Crippen LogP contribution in [0.4, 0.5) is 4.79 Å². The molecule has 7 nitrogen and oxygen atoms in total. The van der Waals surface area contributed by atoms with Gasteiger partial charge in [0.2, 0.25) is 0 Å². The first-order chi connectivity index (χ1) is 11.0. The number of carboxylic acid groups (broad SMARTS) is 1. The number of benzene rings is 2. The van der Waals surface area contributed by atoms with Gasteiger partial charge >= 0.3 is 12.1 Å². The predicted molar refractivity (Wildman–Crippen MR) is 77.9 cm³/mol. The maximum Gasteiger partial charge on any atom is 0.511 e. The molecule has 0 aliphatic carbocycles. The average Bonchev–Trinajstić information content (AvgIpc) is 2.50. The van der Waals surface area contributed by atoms with Gasteiger partial charge in [-0.15, -0.1) is 0 Å². The van der Waals surface area contributed by atoms with Gasteiger partial charge in [0, 0.05) is 0 Å². The molecule has 0 aliphatic rings. The van der Waals surface area contributed by atoms with Gasteiger partial charge in [-0.2, -0.15) is 0 Å². The monoisotopic (exact) mass is 316 g/mol. The fourth-order valence-corrected chi connectivity index (χ4v) is 1.80. The summed E-state index contributed by atoms with van der Waals surface area (Å²) in [6, 6.07) is 10.0. The lowest BCUT2D eigenvalue weighted by Gasteiger charge is -2.08. The Kier molecular flexibility index (Phi) is 4.93. The molecule has 0 aliphatic heterocycles. The van der Waals surface area contributed by atoms with Crippen LogP contribution in [0.1, 0.15) is 15.9 Å². The lowest BCUT2D eigenvalue weighted by Crippen LogP contribution is -2.09. The van der Waals surface area contributed by atoms with Crippen molar-refractivity contribution >= 4 is 18.6 Å². The summed E-state index contributed by atoms with van der Waals surface area (Å²) in [6.45, 7) is 2.02. The topological polar surface area (TPSA) is 99.1 Å². The number of hydrogen-bond donors (Lipinski definition) is 1. The Morgan fingerprint density at radius 1 is 1.00 bits per heavy atom. The predicted octanol–water partition coefficient (Wildman–Crippen LogP) is 2.81. The van der Waals surface area contributed by atoms with Crippen molar-refractivity contribution in [2.45, 2.75) is 6.92 Å². The molecular weight excluding hydrogens is 304 g/mol. The minimum Gasteiger partial charge on any atom is -0.449 e. The van der Waals surface area contributed by atoms with E-state index in [1.54, 1.807) is 13.0 Å². The molecule has 2 aromatic carbocycles. The Balaban J connectivity index is 2.08. The Morgan fingerprint density at radius 2 is 1.65 bits per heavy atom. The van der Waals surface area contributed by atoms with E-state index in [-0.39, 0.29) is 17.1 Å². The zero-order valence-electron chi connectivity index (χ0n) is 12.0. The van der Waals surface area contributed by atoms with Crippen LogP contribution in [0.5, 0.6) is 17.2 Å². The maximum absolute atomic E-state index is 12.0. The standard InChI is InChI=1S/C16H12O7/c1-10-8-13(6-7-14(10)21-9-17)22-15(18)11-2-4-12(5-3-11)23-16(19)20/h2-9H,1H3,(H,19,20). The van der Waals surface area contributed by atoms with E-state index in [1.165, 1.54) is 36.4 Å². The van der Waals surface area contributed by atoms with Crippen LogP contribution >= 0.6 is 0 Å². The summed E-state index contributed by atoms with van der Waals surface area (Å²) in [5, 5.41) is 8.48. The Hall–Kier alpha value is -3.35. The largest absolute Gasteiger partial charge is 0.511 e. The van der Waals surface area contributed by atoms with Gasteiger partial charge in [0.05, 0.1) is 5.56 Å². The smallest absolute Gasteiger partial charge is 0.449 e. The number of rotatable bonds is 5. The first kappa shape index (κ1) is 16.0. The molecule has 0 heterocycles. The average molecular weight is 316 g/mol. The summed E-state index contributed by atoms with van der Waals surface area (Å²) >= 11 is 0. The molecular formula is C16H12O7. The van der Waals surface area contributed by atoms with Gasteiger partial charge in [0.25, 0.3) is 6.47 Å². The highest BCUT2D eigenvalue weighted by Crippen LogP contribution is 2.24. The number of hydrogen-bond acceptors (Lipinski definition) is 6. The van der Waals surface area contributed by atoms with Crippen LogP contribution < -0.4 is 14.2 Å². The highest BCUT2D eigenvalue weighted by atomic mass is 16.7. The van der Waals surface area contributed by atoms with Gasteiger partial charge in [-0.3, -0.25) is 4.79 Å². The van der Waals surface area contributed by atoms with Crippen LogP contribution in [0.2, 0.25) is 0 Å². The number of carbonyl (C=O) groups is 3. The Morgan fingerprint density at radius 3 is 2.22 bits per heavy atom. The van der Waals surface area contributed by atoms with Crippen molar-refractivity contribution in [1.82, 2.24) is 0 Å². The van der Waals surface area contributed by atoms with Crippen molar-refractivity contribution in [2.75, 3.05) is 0 Å². The van der Waals surface area contributed by atoms with E-state index in [9.17, 15) is 14.4 Å². The lowest BCUT2D eigenvalue weighted by molar-refractivity contribution is -0.120. The number of ether oxygens (including phenoxy) is 3. The highest BCUT2D eigenvalue weighted by Gasteiger charge is 2.11. The van der Waals surface area contributed by atoms with Crippen molar-refractivity contribution in [3.8, 4) is 17.2 Å². The zero-order valence-corrected chi connectivity index (χ0v) is 12.0. The van der Waals surface area contributed by atoms with Gasteiger partial charge < -0.3 is 19.3 Å². The van der Waals surface area contributed by atoms with Gasteiger partial charge in [-0.05, 0) is 55.0 Å². The molecule has 7 heteroatoms. The molecule has 0 bridgehead atoms. The summed E-state index contributed by atoms with van der Waals surface area (Å²) < 4.78 is 14.4. The van der Waals surface area contributed by atoms with Crippen LogP contribution in [0.15, 0.2) is 42.5 Å². The summed E-state index contributed by atoms with van der Waals surface area (Å²) in [4.78, 5) is 32.7. The van der Waals surface area contributed by atoms with E-state index in [0.717, 1.165) is 0 Å². The van der Waals surface area contributed by atoms with Gasteiger partial charge in [0.15, 0.2) is 0 Å². The zero-order chi connectivity index (χ0) is 16.8. The molecule has 118 valence electrons. The SMILES string of the molecule is Cc1cc(OC(=O)c2ccc(OC(=O)O)cc2)ccc1OC=O. The van der Waals surface area contributed by atoms with Crippen molar-refractivity contribution in [3.05, 3.63) is 53.6 Å². The van der Waals surface area contributed by atoms with Crippen LogP contribution in [-0.4, -0.2) is 23.7 Å². The van der Waals surface area contributed by atoms with Gasteiger partial charge in [0.1, 0.15) is 17.2 Å². The quantitative estimate of drug-likeness (QED) is 0.392. The molecule has 2 aromatic rings. The second-order valence-corrected chi connectivity index (χ2v) is 4.42. The molecule has 0 atom stereocenters. The lowest BCUT2D eigenvalue weighted by atomic mass is 10.2. The van der Waals surface area contributed by atoms with E-state index in [4.69, 9.17) is 14.6 Å². The maximum atomic E-state index is 12.0. The van der Waals surface area contributed by atoms with Gasteiger partial charge in [-0.25, -0.2) is 9.59 Å². The molecule has 0 amide bonds. The fraction of sp³-hybridized carbons (Fsp3) is 0.0625. The first-order valence-electron chi connectivity index (χ1n) is 6.43. The van der Waals surface area contributed by atoms with E-state index in [0.29, 0.717) is 17.8 Å². The van der Waals surface area contributed by atoms with E-state index in [2.05, 4.69) is 4.74 Å². The van der Waals surface area contributed by atoms with Crippen molar-refractivity contribution in [2.24, 2.45) is 0 Å². The number of carbonyl (C=O) groups excluding carboxylic acids is 2. The molecule has 1 N–H and O–H groups in total. The summed E-state index contributed by atoms with van der Waals surface area (Å²) in [6.07, 6.45) is -1.44. The number of aryl methyl sites for hydroxylation is 1. The minimum atomic E-state index is -1.44. The van der Waals surface area contributed by atoms with Crippen LogP contribution in [0.25, 0.3) is 0 Å². The van der Waals surface area contributed by atoms with Crippen LogP contribution in [0, 0.1) is 6.92 Å². The Labute approximate surface area is 131 Å². The normalized spacial score (nSPS) is 9.78. The Bertz CT molecular complexity index is 735. The fourth-order valence-electron chi connectivity index (χ4n) is 1.80. The molecule has 23 heavy (non-hydrogen) atoms. The molecule has 0 spiro atoms. The van der Waals surface area contributed by atoms with Crippen molar-refractivity contribution in [1.29, 1.82) is 0 Å². The summed E-state index contributed by atoms with van der Waals surface area (Å²) in [7, 11) is 0. The molecule has 0 saturated heterocycles. The number of esters is 1. The molecule has 0 fully saturated rings. The van der Waals surface area contributed by atoms with E-state index >= 15 is 0 Å². The van der Waals surface area contributed by atoms with Crippen molar-refractivity contribution in [3.63, 3.8) is 0 Å². The third-order valence-corrected chi connectivity index (χ3v) is 2.83. The summed E-state index contributed by atoms with van der Waals surface area (Å²) in [5.74, 6) is 0.141. The summed E-state index contributed by atoms with van der Waals surface area (Å²) in [5.41, 5.74) is 0.862. The van der Waals surface area contributed by atoms with E-state index in [1.807, 2.05) is 0 Å². The molecule has 0 radical (unpaired) electrons. The third kappa shape index (κ3) is 4.31. The van der Waals surface area contributed by atoms with Crippen LogP contribution in [0.3, 0.4) is 0 Å². The second kappa shape index (κ2) is 7.08. The van der Waals surface area contributed by atoms with Gasteiger partial charge in [-0.1, -0.05) is 0 Å². The molecule has 0 unspecified atom stereocenters. The van der Waals surface area contributed by atoms with Crippen LogP contribution in [-0.2, 0) is 4.79 Å². The van der Waals surface area contributed by atoms with E-state index < -0.39 is 12.1 Å².